The van der Waals surface area contributed by atoms with Crippen LogP contribution >= 0.6 is 11.6 Å². The average Bonchev–Trinajstić information content (AvgIpc) is 2.07. The second-order valence-corrected chi connectivity index (χ2v) is 1.76. The van der Waals surface area contributed by atoms with E-state index in [0.717, 1.165) is 0 Å². The molecule has 0 saturated carbocycles. The molecule has 11 heavy (non-hydrogen) atoms. The lowest BCUT2D eigenvalue weighted by atomic mass is 10.3. The van der Waals surface area contributed by atoms with Crippen LogP contribution in [0.15, 0.2) is 35.7 Å². The van der Waals surface area contributed by atoms with E-state index in [4.69, 9.17) is 11.6 Å². The predicted octanol–water partition coefficient (Wildman–Crippen LogP) is 4.19. The van der Waals surface area contributed by atoms with Crippen molar-refractivity contribution >= 4 is 11.6 Å². The largest absolute Gasteiger partial charge is 0.207 e. The van der Waals surface area contributed by atoms with Crippen molar-refractivity contribution < 1.29 is 4.39 Å². The molecule has 0 saturated heterocycles. The lowest BCUT2D eigenvalue weighted by molar-refractivity contribution is 0.652. The van der Waals surface area contributed by atoms with Gasteiger partial charge in [-0.25, -0.2) is 4.39 Å². The third-order valence-electron chi connectivity index (χ3n) is 0.805. The Kier molecular flexibility index (Phi) is 11.2. The Morgan fingerprint density at radius 3 is 2.18 bits per heavy atom. The Hall–Kier alpha value is -0.560. The van der Waals surface area contributed by atoms with Crippen LogP contribution in [-0.2, 0) is 0 Å². The second-order valence-electron chi connectivity index (χ2n) is 1.54. The van der Waals surface area contributed by atoms with Gasteiger partial charge >= 0.3 is 0 Å². The highest BCUT2D eigenvalue weighted by atomic mass is 35.5. The zero-order valence-electron chi connectivity index (χ0n) is 7.20. The summed E-state index contributed by atoms with van der Waals surface area (Å²) < 4.78 is 12.4. The summed E-state index contributed by atoms with van der Waals surface area (Å²) in [5, 5.41) is 0. The summed E-state index contributed by atoms with van der Waals surface area (Å²) in [5.74, 6) is -0.347. The Labute approximate surface area is 73.1 Å². The van der Waals surface area contributed by atoms with E-state index in [-0.39, 0.29) is 5.83 Å². The van der Waals surface area contributed by atoms with Gasteiger partial charge in [0.1, 0.15) is 5.83 Å². The van der Waals surface area contributed by atoms with Crippen molar-refractivity contribution in [3.63, 3.8) is 0 Å². The van der Waals surface area contributed by atoms with Gasteiger partial charge in [-0.2, -0.15) is 0 Å². The molecule has 2 heteroatoms. The normalized spacial score (nSPS) is 11.7. The summed E-state index contributed by atoms with van der Waals surface area (Å²) >= 11 is 5.21. The third-order valence-corrected chi connectivity index (χ3v) is 1.13. The summed E-state index contributed by atoms with van der Waals surface area (Å²) in [7, 11) is 0. The number of halogens is 2. The molecule has 0 N–H and O–H groups in total. The first-order valence-electron chi connectivity index (χ1n) is 3.48. The summed E-state index contributed by atoms with van der Waals surface area (Å²) in [5.41, 5.74) is 1.60. The molecule has 0 amide bonds. The molecule has 0 rings (SSSR count). The summed E-state index contributed by atoms with van der Waals surface area (Å²) in [4.78, 5) is 0. The number of rotatable bonds is 2. The van der Waals surface area contributed by atoms with E-state index >= 15 is 0 Å². The standard InChI is InChI=1S/C7H8ClF.C2H6/c1-3-4-7(9)6(2)5-8;1-2/h3-5H,1H2,2H3;1-2H3/b6-5+,7-4+;. The van der Waals surface area contributed by atoms with Gasteiger partial charge in [0, 0.05) is 5.54 Å². The minimum atomic E-state index is -0.347. The van der Waals surface area contributed by atoms with Crippen LogP contribution in [0.4, 0.5) is 4.39 Å². The lowest BCUT2D eigenvalue weighted by Crippen LogP contribution is -1.72. The lowest BCUT2D eigenvalue weighted by Gasteiger charge is -1.89. The van der Waals surface area contributed by atoms with E-state index in [2.05, 4.69) is 6.58 Å². The molecule has 64 valence electrons. The predicted molar refractivity (Wildman–Crippen MR) is 50.3 cm³/mol. The van der Waals surface area contributed by atoms with Crippen molar-refractivity contribution in [3.8, 4) is 0 Å². The Balaban J connectivity index is 0. The van der Waals surface area contributed by atoms with Gasteiger partial charge < -0.3 is 0 Å². The van der Waals surface area contributed by atoms with Crippen molar-refractivity contribution in [2.24, 2.45) is 0 Å². The van der Waals surface area contributed by atoms with Gasteiger partial charge in [-0.15, -0.1) is 0 Å². The van der Waals surface area contributed by atoms with Crippen LogP contribution in [0.1, 0.15) is 20.8 Å². The van der Waals surface area contributed by atoms with E-state index in [1.807, 2.05) is 13.8 Å². The maximum Gasteiger partial charge on any atom is 0.126 e. The highest BCUT2D eigenvalue weighted by Crippen LogP contribution is 2.10. The number of allylic oxidation sites excluding steroid dienone is 4. The fourth-order valence-electron chi connectivity index (χ4n) is 0.287. The van der Waals surface area contributed by atoms with Gasteiger partial charge in [0.15, 0.2) is 0 Å². The molecule has 0 aliphatic carbocycles. The maximum atomic E-state index is 12.4. The van der Waals surface area contributed by atoms with E-state index in [1.165, 1.54) is 17.7 Å². The molecule has 0 radical (unpaired) electrons. The van der Waals surface area contributed by atoms with Crippen LogP contribution in [0.5, 0.6) is 0 Å². The van der Waals surface area contributed by atoms with Gasteiger partial charge in [-0.3, -0.25) is 0 Å². The Morgan fingerprint density at radius 2 is 1.91 bits per heavy atom. The van der Waals surface area contributed by atoms with Gasteiger partial charge in [-0.1, -0.05) is 38.1 Å². The second kappa shape index (κ2) is 9.44. The van der Waals surface area contributed by atoms with Crippen LogP contribution in [0.25, 0.3) is 0 Å². The van der Waals surface area contributed by atoms with Gasteiger partial charge in [0.05, 0.1) is 0 Å². The highest BCUT2D eigenvalue weighted by Gasteiger charge is 1.92. The van der Waals surface area contributed by atoms with Gasteiger partial charge in [0.25, 0.3) is 0 Å². The van der Waals surface area contributed by atoms with Gasteiger partial charge in [0.2, 0.25) is 0 Å². The number of hydrogen-bond donors (Lipinski definition) is 0. The molecule has 0 nitrogen and oxygen atoms in total. The molecule has 0 aliphatic rings. The minimum Gasteiger partial charge on any atom is -0.207 e. The summed E-state index contributed by atoms with van der Waals surface area (Å²) in [6.07, 6.45) is 2.63. The van der Waals surface area contributed by atoms with E-state index in [9.17, 15) is 4.39 Å². The monoisotopic (exact) mass is 176 g/mol. The first kappa shape index (κ1) is 13.1. The molecular weight excluding hydrogens is 163 g/mol. The van der Waals surface area contributed by atoms with E-state index < -0.39 is 0 Å². The summed E-state index contributed by atoms with van der Waals surface area (Å²) in [6, 6.07) is 0. The molecule has 0 aromatic heterocycles. The van der Waals surface area contributed by atoms with Crippen molar-refractivity contribution in [1.82, 2.24) is 0 Å². The fourth-order valence-corrected chi connectivity index (χ4v) is 0.391. The molecule has 0 unspecified atom stereocenters. The number of hydrogen-bond acceptors (Lipinski definition) is 0. The van der Waals surface area contributed by atoms with Crippen LogP contribution in [-0.4, -0.2) is 0 Å². The molecule has 0 aliphatic heterocycles. The SMILES string of the molecule is C=C/C=C(F)\C(C)=C\Cl.CC. The molecule has 0 aromatic rings. The summed E-state index contributed by atoms with van der Waals surface area (Å²) in [6.45, 7) is 8.92. The first-order valence-corrected chi connectivity index (χ1v) is 3.91. The van der Waals surface area contributed by atoms with Crippen molar-refractivity contribution in [3.05, 3.63) is 35.7 Å². The quantitative estimate of drug-likeness (QED) is 0.554. The Morgan fingerprint density at radius 1 is 1.45 bits per heavy atom. The molecule has 0 atom stereocenters. The highest BCUT2D eigenvalue weighted by molar-refractivity contribution is 6.25. The Bertz CT molecular complexity index is 157. The zero-order valence-corrected chi connectivity index (χ0v) is 7.95. The third kappa shape index (κ3) is 7.34. The molecular formula is C9H14ClF. The zero-order chi connectivity index (χ0) is 9.28. The maximum absolute atomic E-state index is 12.4. The first-order chi connectivity index (χ1) is 5.22. The minimum absolute atomic E-state index is 0.347. The molecule has 0 fully saturated rings. The fraction of sp³-hybridized carbons (Fsp3) is 0.333. The smallest absolute Gasteiger partial charge is 0.126 e. The van der Waals surface area contributed by atoms with Crippen LogP contribution in [0.2, 0.25) is 0 Å². The topological polar surface area (TPSA) is 0 Å². The van der Waals surface area contributed by atoms with Crippen LogP contribution in [0.3, 0.4) is 0 Å². The van der Waals surface area contributed by atoms with Crippen molar-refractivity contribution in [1.29, 1.82) is 0 Å². The molecule has 0 spiro atoms. The van der Waals surface area contributed by atoms with Crippen LogP contribution in [0, 0.1) is 0 Å². The van der Waals surface area contributed by atoms with E-state index in [1.54, 1.807) is 6.92 Å². The van der Waals surface area contributed by atoms with Gasteiger partial charge in [-0.05, 0) is 18.6 Å². The van der Waals surface area contributed by atoms with Crippen LogP contribution < -0.4 is 0 Å². The van der Waals surface area contributed by atoms with E-state index in [0.29, 0.717) is 5.57 Å². The van der Waals surface area contributed by atoms with Crippen molar-refractivity contribution in [2.75, 3.05) is 0 Å². The molecule has 0 bridgehead atoms. The average molecular weight is 177 g/mol. The van der Waals surface area contributed by atoms with Crippen molar-refractivity contribution in [2.45, 2.75) is 20.8 Å². The molecule has 0 heterocycles. The molecule has 0 aromatic carbocycles.